The largest absolute Gasteiger partial charge is 0.465 e. The van der Waals surface area contributed by atoms with Gasteiger partial charge in [0, 0.05) is 23.9 Å². The van der Waals surface area contributed by atoms with Crippen LogP contribution in [0.25, 0.3) is 0 Å². The molecule has 0 radical (unpaired) electrons. The summed E-state index contributed by atoms with van der Waals surface area (Å²) in [5.41, 5.74) is 1.94. The van der Waals surface area contributed by atoms with Crippen molar-refractivity contribution in [2.24, 2.45) is 16.8 Å². The van der Waals surface area contributed by atoms with Crippen molar-refractivity contribution in [1.29, 1.82) is 0 Å². The number of ether oxygens (including phenoxy) is 2. The van der Waals surface area contributed by atoms with E-state index in [9.17, 15) is 14.4 Å². The molecule has 1 aliphatic carbocycles. The molecule has 1 aromatic carbocycles. The van der Waals surface area contributed by atoms with E-state index >= 15 is 0 Å². The van der Waals surface area contributed by atoms with E-state index in [1.807, 2.05) is 30.3 Å². The first-order chi connectivity index (χ1) is 13.1. The second-order valence-electron chi connectivity index (χ2n) is 6.59. The van der Waals surface area contributed by atoms with Gasteiger partial charge in [-0.25, -0.2) is 0 Å². The molecule has 1 unspecified atom stereocenters. The minimum absolute atomic E-state index is 0.0107. The van der Waals surface area contributed by atoms with Crippen molar-refractivity contribution in [3.05, 3.63) is 47.2 Å². The van der Waals surface area contributed by atoms with Gasteiger partial charge in [-0.05, 0) is 31.7 Å². The number of nitrogens with zero attached hydrogens (tertiary/aromatic N) is 1. The first-order valence-electron chi connectivity index (χ1n) is 9.25. The average Bonchev–Trinajstić information content (AvgIpc) is 2.68. The zero-order valence-electron chi connectivity index (χ0n) is 15.5. The van der Waals surface area contributed by atoms with Gasteiger partial charge in [0.2, 0.25) is 0 Å². The highest BCUT2D eigenvalue weighted by Crippen LogP contribution is 2.41. The second-order valence-corrected chi connectivity index (χ2v) is 6.59. The van der Waals surface area contributed by atoms with E-state index in [4.69, 9.17) is 9.47 Å². The average molecular weight is 369 g/mol. The van der Waals surface area contributed by atoms with E-state index < -0.39 is 23.8 Å². The number of hydrogen-bond acceptors (Lipinski definition) is 6. The van der Waals surface area contributed by atoms with Gasteiger partial charge >= 0.3 is 11.9 Å². The summed E-state index contributed by atoms with van der Waals surface area (Å²) in [5, 5.41) is 0. The third-order valence-electron chi connectivity index (χ3n) is 4.91. The summed E-state index contributed by atoms with van der Waals surface area (Å²) >= 11 is 0. The Balaban J connectivity index is 1.96. The minimum atomic E-state index is -0.985. The number of aliphatic imine (C=N–C) groups is 1. The van der Waals surface area contributed by atoms with Gasteiger partial charge in [0.25, 0.3) is 0 Å². The number of rotatable bonds is 5. The third kappa shape index (κ3) is 3.84. The number of Topliss-reactive ketones (excluding diaryl/α,β-unsaturated/α-hetero) is 1. The van der Waals surface area contributed by atoms with Gasteiger partial charge in [-0.2, -0.15) is 0 Å². The summed E-state index contributed by atoms with van der Waals surface area (Å²) in [6.07, 6.45) is 2.26. The second kappa shape index (κ2) is 8.29. The molecule has 0 amide bonds. The van der Waals surface area contributed by atoms with Gasteiger partial charge < -0.3 is 9.47 Å². The van der Waals surface area contributed by atoms with Crippen LogP contribution in [-0.4, -0.2) is 37.2 Å². The highest BCUT2D eigenvalue weighted by atomic mass is 16.5. The lowest BCUT2D eigenvalue weighted by Crippen LogP contribution is -2.40. The number of carbonyl (C=O) groups excluding carboxylic acids is 3. The molecule has 0 bridgehead atoms. The fourth-order valence-corrected chi connectivity index (χ4v) is 3.71. The molecule has 0 saturated heterocycles. The molecule has 3 rings (SSSR count). The first kappa shape index (κ1) is 19.0. The van der Waals surface area contributed by atoms with E-state index in [0.29, 0.717) is 17.7 Å². The topological polar surface area (TPSA) is 82.0 Å². The van der Waals surface area contributed by atoms with Gasteiger partial charge in [0.05, 0.1) is 13.2 Å². The van der Waals surface area contributed by atoms with Crippen molar-refractivity contribution in [3.63, 3.8) is 0 Å². The standard InChI is InChI=1S/C21H23NO5/c1-3-26-20(24)15-12-22-16-10-14(13-8-6-5-7-9-13)11-17(23)19(16)18(15)21(25)27-4-2/h5-9,12,14-15,18H,3-4,10-11H2,1-2H3/t14-,15?,18-/m1/s1. The zero-order chi connectivity index (χ0) is 19.4. The fourth-order valence-electron chi connectivity index (χ4n) is 3.71. The van der Waals surface area contributed by atoms with Crippen LogP contribution in [0.3, 0.4) is 0 Å². The lowest BCUT2D eigenvalue weighted by atomic mass is 9.73. The molecule has 1 heterocycles. The van der Waals surface area contributed by atoms with Crippen LogP contribution in [0, 0.1) is 11.8 Å². The van der Waals surface area contributed by atoms with Crippen LogP contribution >= 0.6 is 0 Å². The van der Waals surface area contributed by atoms with Gasteiger partial charge in [0.15, 0.2) is 5.78 Å². The van der Waals surface area contributed by atoms with E-state index in [-0.39, 0.29) is 31.3 Å². The summed E-state index contributed by atoms with van der Waals surface area (Å²) < 4.78 is 10.2. The van der Waals surface area contributed by atoms with Gasteiger partial charge in [-0.3, -0.25) is 19.4 Å². The van der Waals surface area contributed by atoms with E-state index in [1.54, 1.807) is 13.8 Å². The Morgan fingerprint density at radius 2 is 1.70 bits per heavy atom. The van der Waals surface area contributed by atoms with Gasteiger partial charge in [-0.15, -0.1) is 0 Å². The van der Waals surface area contributed by atoms with Crippen LogP contribution in [0.1, 0.15) is 38.2 Å². The predicted octanol–water partition coefficient (Wildman–Crippen LogP) is 2.83. The summed E-state index contributed by atoms with van der Waals surface area (Å²) in [6.45, 7) is 3.75. The Morgan fingerprint density at radius 3 is 2.37 bits per heavy atom. The molecule has 1 aliphatic heterocycles. The highest BCUT2D eigenvalue weighted by Gasteiger charge is 2.46. The lowest BCUT2D eigenvalue weighted by molar-refractivity contribution is -0.156. The molecule has 6 heteroatoms. The molecule has 2 aliphatic rings. The number of esters is 2. The van der Waals surface area contributed by atoms with Crippen LogP contribution in [0.4, 0.5) is 0 Å². The zero-order valence-corrected chi connectivity index (χ0v) is 15.5. The van der Waals surface area contributed by atoms with Crippen LogP contribution < -0.4 is 0 Å². The quantitative estimate of drug-likeness (QED) is 0.746. The van der Waals surface area contributed by atoms with Crippen molar-refractivity contribution in [2.75, 3.05) is 13.2 Å². The highest BCUT2D eigenvalue weighted by molar-refractivity contribution is 6.08. The Hall–Kier alpha value is -2.76. The number of hydrogen-bond donors (Lipinski definition) is 0. The molecule has 0 spiro atoms. The third-order valence-corrected chi connectivity index (χ3v) is 4.91. The fraction of sp³-hybridized carbons (Fsp3) is 0.429. The maximum atomic E-state index is 13.0. The van der Waals surface area contributed by atoms with Crippen molar-refractivity contribution in [2.45, 2.75) is 32.6 Å². The smallest absolute Gasteiger partial charge is 0.315 e. The first-order valence-corrected chi connectivity index (χ1v) is 9.25. The maximum Gasteiger partial charge on any atom is 0.315 e. The van der Waals surface area contributed by atoms with Crippen molar-refractivity contribution < 1.29 is 23.9 Å². The Bertz CT molecular complexity index is 796. The maximum absolute atomic E-state index is 13.0. The monoisotopic (exact) mass is 369 g/mol. The van der Waals surface area contributed by atoms with Gasteiger partial charge in [-0.1, -0.05) is 30.3 Å². The van der Waals surface area contributed by atoms with Crippen molar-refractivity contribution in [3.8, 4) is 0 Å². The summed E-state index contributed by atoms with van der Waals surface area (Å²) in [6, 6.07) is 9.77. The van der Waals surface area contributed by atoms with Crippen molar-refractivity contribution in [1.82, 2.24) is 0 Å². The summed E-state index contributed by atoms with van der Waals surface area (Å²) in [7, 11) is 0. The minimum Gasteiger partial charge on any atom is -0.465 e. The predicted molar refractivity (Wildman–Crippen MR) is 99.2 cm³/mol. The molecule has 27 heavy (non-hydrogen) atoms. The molecule has 0 N–H and O–H groups in total. The number of benzene rings is 1. The molecule has 0 aromatic heterocycles. The number of allylic oxidation sites excluding steroid dienone is 1. The number of ketones is 1. The molecule has 6 nitrogen and oxygen atoms in total. The van der Waals surface area contributed by atoms with Gasteiger partial charge in [0.1, 0.15) is 11.8 Å². The van der Waals surface area contributed by atoms with Crippen LogP contribution in [0.2, 0.25) is 0 Å². The van der Waals surface area contributed by atoms with E-state index in [1.165, 1.54) is 6.21 Å². The Labute approximate surface area is 158 Å². The van der Waals surface area contributed by atoms with Crippen molar-refractivity contribution >= 4 is 23.9 Å². The molecule has 1 aromatic rings. The van der Waals surface area contributed by atoms with E-state index in [0.717, 1.165) is 5.56 Å². The van der Waals surface area contributed by atoms with Crippen LogP contribution in [0.5, 0.6) is 0 Å². The lowest BCUT2D eigenvalue weighted by Gasteiger charge is -2.32. The summed E-state index contributed by atoms with van der Waals surface area (Å²) in [5.74, 6) is -3.21. The summed E-state index contributed by atoms with van der Waals surface area (Å²) in [4.78, 5) is 42.3. The molecule has 0 fully saturated rings. The molecular formula is C21H23NO5. The molecule has 3 atom stereocenters. The van der Waals surface area contributed by atoms with Crippen LogP contribution in [0.15, 0.2) is 46.6 Å². The number of carbonyl (C=O) groups is 3. The Morgan fingerprint density at radius 1 is 1.04 bits per heavy atom. The molecule has 142 valence electrons. The van der Waals surface area contributed by atoms with E-state index in [2.05, 4.69) is 4.99 Å². The molecular weight excluding hydrogens is 346 g/mol. The normalized spacial score (nSPS) is 24.4. The molecule has 0 saturated carbocycles. The van der Waals surface area contributed by atoms with Crippen LogP contribution in [-0.2, 0) is 23.9 Å². The Kier molecular flexibility index (Phi) is 5.84. The SMILES string of the molecule is CCOC(=O)C1C=NC2=C(C(=O)C[C@H](c3ccccc3)C2)[C@@H]1C(=O)OCC.